The molecular formula is C56H108N3O14P. The minimum Gasteiger partial charge on any atom is -0.463 e. The summed E-state index contributed by atoms with van der Waals surface area (Å²) >= 11 is 0. The molecule has 8 N–H and O–H groups in total. The first-order valence-electron chi connectivity index (χ1n) is 29.5. The minimum atomic E-state index is -4.88. The van der Waals surface area contributed by atoms with E-state index in [4.69, 9.17) is 14.6 Å². The summed E-state index contributed by atoms with van der Waals surface area (Å²) in [5.74, 6) is -2.47. The summed E-state index contributed by atoms with van der Waals surface area (Å²) in [5, 5.41) is 37.6. The molecule has 18 heteroatoms. The molecule has 0 aliphatic rings. The SMILES string of the molecule is CCCCCCCCCCCC(=O)O[C@H](CCCCCCCCCCC)CC(=O)N[C@H](CCOP(=O)(O)O)C(=O)NCCC[C@H](COC(=O)CCCCC(O)CO)NC(=O)C[C@H](O)CCCCCCCCCCC. The van der Waals surface area contributed by atoms with E-state index in [9.17, 15) is 48.5 Å². The van der Waals surface area contributed by atoms with Gasteiger partial charge in [0.15, 0.2) is 0 Å². The summed E-state index contributed by atoms with van der Waals surface area (Å²) in [7, 11) is -4.88. The van der Waals surface area contributed by atoms with E-state index >= 15 is 0 Å². The molecule has 1 unspecified atom stereocenters. The number of carbonyl (C=O) groups excluding carboxylic acids is 5. The van der Waals surface area contributed by atoms with Gasteiger partial charge in [-0.1, -0.05) is 188 Å². The molecule has 0 radical (unpaired) electrons. The lowest BCUT2D eigenvalue weighted by Crippen LogP contribution is -2.48. The Hall–Kier alpha value is -2.66. The van der Waals surface area contributed by atoms with Crippen molar-refractivity contribution < 1.29 is 67.6 Å². The van der Waals surface area contributed by atoms with Gasteiger partial charge in [-0.3, -0.25) is 28.5 Å². The first kappa shape index (κ1) is 71.3. The van der Waals surface area contributed by atoms with Crippen molar-refractivity contribution in [2.75, 3.05) is 26.4 Å². The van der Waals surface area contributed by atoms with Crippen LogP contribution in [0.2, 0.25) is 0 Å². The number of phosphoric acid groups is 1. The highest BCUT2D eigenvalue weighted by Gasteiger charge is 2.26. The Balaban J connectivity index is 5.61. The summed E-state index contributed by atoms with van der Waals surface area (Å²) in [6.45, 7) is 5.60. The predicted octanol–water partition coefficient (Wildman–Crippen LogP) is 10.6. The number of unbranched alkanes of at least 4 members (excludes halogenated alkanes) is 25. The Morgan fingerprint density at radius 2 is 0.946 bits per heavy atom. The lowest BCUT2D eigenvalue weighted by Gasteiger charge is -2.22. The second kappa shape index (κ2) is 49.9. The highest BCUT2D eigenvalue weighted by atomic mass is 31.2. The molecule has 0 fully saturated rings. The summed E-state index contributed by atoms with van der Waals surface area (Å²) < 4.78 is 27.5. The van der Waals surface area contributed by atoms with Gasteiger partial charge in [-0.25, -0.2) is 4.57 Å². The third kappa shape index (κ3) is 47.8. The van der Waals surface area contributed by atoms with Crippen LogP contribution in [0.1, 0.15) is 271 Å². The van der Waals surface area contributed by atoms with Gasteiger partial charge in [0.1, 0.15) is 18.8 Å². The van der Waals surface area contributed by atoms with Crippen molar-refractivity contribution in [3.8, 4) is 0 Å². The van der Waals surface area contributed by atoms with Crippen LogP contribution in [-0.4, -0.2) is 112 Å². The molecule has 0 saturated carbocycles. The highest BCUT2D eigenvalue weighted by molar-refractivity contribution is 7.46. The normalized spacial score (nSPS) is 13.7. The third-order valence-corrected chi connectivity index (χ3v) is 13.9. The number of ether oxygens (including phenoxy) is 2. The van der Waals surface area contributed by atoms with E-state index in [1.54, 1.807) is 0 Å². The fourth-order valence-electron chi connectivity index (χ4n) is 8.91. The molecule has 0 aromatic heterocycles. The second-order valence-corrected chi connectivity index (χ2v) is 21.9. The lowest BCUT2D eigenvalue weighted by molar-refractivity contribution is -0.151. The van der Waals surface area contributed by atoms with Crippen molar-refractivity contribution in [2.45, 2.75) is 302 Å². The summed E-state index contributed by atoms with van der Waals surface area (Å²) in [5.41, 5.74) is 0. The van der Waals surface area contributed by atoms with Crippen LogP contribution < -0.4 is 16.0 Å². The van der Waals surface area contributed by atoms with Crippen molar-refractivity contribution in [1.29, 1.82) is 0 Å². The van der Waals surface area contributed by atoms with Crippen molar-refractivity contribution in [3.05, 3.63) is 0 Å². The van der Waals surface area contributed by atoms with Crippen molar-refractivity contribution >= 4 is 37.5 Å². The fraction of sp³-hybridized carbons (Fsp3) is 0.911. The average molecular weight is 1080 g/mol. The van der Waals surface area contributed by atoms with Gasteiger partial charge in [-0.2, -0.15) is 0 Å². The van der Waals surface area contributed by atoms with Crippen molar-refractivity contribution in [2.24, 2.45) is 0 Å². The molecule has 0 aliphatic heterocycles. The highest BCUT2D eigenvalue weighted by Crippen LogP contribution is 2.35. The average Bonchev–Trinajstić information content (AvgIpc) is 3.35. The topological polar surface area (TPSA) is 267 Å². The number of hydrogen-bond donors (Lipinski definition) is 8. The molecule has 17 nitrogen and oxygen atoms in total. The molecule has 74 heavy (non-hydrogen) atoms. The monoisotopic (exact) mass is 1080 g/mol. The Bertz CT molecular complexity index is 1440. The van der Waals surface area contributed by atoms with Gasteiger partial charge in [-0.15, -0.1) is 0 Å². The van der Waals surface area contributed by atoms with E-state index in [1.165, 1.54) is 96.3 Å². The molecule has 0 heterocycles. The Morgan fingerprint density at radius 3 is 1.47 bits per heavy atom. The molecule has 3 amide bonds. The maximum Gasteiger partial charge on any atom is 0.469 e. The number of nitrogens with one attached hydrogen (secondary N) is 3. The number of aliphatic hydroxyl groups is 3. The van der Waals surface area contributed by atoms with Crippen LogP contribution in [0.5, 0.6) is 0 Å². The standard InChI is InChI=1S/C56H108N3O14P/c1-4-7-10-13-16-19-22-25-28-35-48(61)43-52(63)58-47(46-71-54(65)38-32-31-36-49(62)45-60)34-33-41-57-56(67)51(40-42-72-74(68,69)70)59-53(64)44-50(37-29-26-23-20-17-14-11-8-5-2)73-55(66)39-30-27-24-21-18-15-12-9-6-3/h47-51,60-62H,4-46H2,1-3H3,(H,57,67)(H,58,63)(H,59,64)(H2,68,69,70)/t47-,48-,49?,50-,51-/m1/s1. The van der Waals surface area contributed by atoms with Crippen LogP contribution in [0.15, 0.2) is 0 Å². The van der Waals surface area contributed by atoms with E-state index < -0.39 is 68.5 Å². The Kier molecular flexibility index (Phi) is 48.1. The quantitative estimate of drug-likeness (QED) is 0.0160. The van der Waals surface area contributed by atoms with Crippen molar-refractivity contribution in [3.63, 3.8) is 0 Å². The predicted molar refractivity (Wildman–Crippen MR) is 292 cm³/mol. The largest absolute Gasteiger partial charge is 0.469 e. The number of hydrogen-bond acceptors (Lipinski definition) is 12. The molecule has 0 saturated heterocycles. The van der Waals surface area contributed by atoms with Gasteiger partial charge >= 0.3 is 19.8 Å². The zero-order chi connectivity index (χ0) is 54.9. The van der Waals surface area contributed by atoms with E-state index in [0.29, 0.717) is 44.9 Å². The van der Waals surface area contributed by atoms with E-state index in [2.05, 4.69) is 41.2 Å². The Labute approximate surface area is 447 Å². The minimum absolute atomic E-state index is 0.0665. The summed E-state index contributed by atoms with van der Waals surface area (Å²) in [4.78, 5) is 84.6. The number of aliphatic hydroxyl groups excluding tert-OH is 3. The number of rotatable bonds is 54. The molecule has 0 aliphatic carbocycles. The molecule has 0 aromatic rings. The number of amides is 3. The zero-order valence-electron chi connectivity index (χ0n) is 46.6. The van der Waals surface area contributed by atoms with Crippen LogP contribution in [0.3, 0.4) is 0 Å². The summed E-state index contributed by atoms with van der Waals surface area (Å²) in [6.07, 6.45) is 30.2. The van der Waals surface area contributed by atoms with Gasteiger partial charge in [-0.05, 0) is 51.4 Å². The molecule has 0 rings (SSSR count). The lowest BCUT2D eigenvalue weighted by atomic mass is 10.0. The first-order chi connectivity index (χ1) is 35.6. The van der Waals surface area contributed by atoms with E-state index in [-0.39, 0.29) is 64.3 Å². The molecule has 0 spiro atoms. The van der Waals surface area contributed by atoms with Crippen molar-refractivity contribution in [1.82, 2.24) is 16.0 Å². The van der Waals surface area contributed by atoms with Crippen LogP contribution in [0, 0.1) is 0 Å². The smallest absolute Gasteiger partial charge is 0.463 e. The third-order valence-electron chi connectivity index (χ3n) is 13.4. The van der Waals surface area contributed by atoms with Gasteiger partial charge < -0.3 is 50.5 Å². The number of phosphoric ester groups is 1. The zero-order valence-corrected chi connectivity index (χ0v) is 47.5. The molecule has 436 valence electrons. The van der Waals surface area contributed by atoms with Gasteiger partial charge in [0.05, 0.1) is 44.3 Å². The molecule has 0 bridgehead atoms. The summed E-state index contributed by atoms with van der Waals surface area (Å²) in [6, 6.07) is -1.90. The van der Waals surface area contributed by atoms with E-state index in [0.717, 1.165) is 70.6 Å². The van der Waals surface area contributed by atoms with Gasteiger partial charge in [0.2, 0.25) is 17.7 Å². The number of esters is 2. The number of carbonyl (C=O) groups is 5. The maximum absolute atomic E-state index is 13.6. The first-order valence-corrected chi connectivity index (χ1v) is 31.0. The molecular weight excluding hydrogens is 970 g/mol. The van der Waals surface area contributed by atoms with Gasteiger partial charge in [0, 0.05) is 25.8 Å². The molecule has 0 aromatic carbocycles. The second-order valence-electron chi connectivity index (χ2n) is 20.7. The van der Waals surface area contributed by atoms with Crippen LogP contribution in [0.4, 0.5) is 0 Å². The molecule has 5 atom stereocenters. The van der Waals surface area contributed by atoms with Crippen LogP contribution in [-0.2, 0) is 42.5 Å². The van der Waals surface area contributed by atoms with Crippen LogP contribution in [0.25, 0.3) is 0 Å². The van der Waals surface area contributed by atoms with E-state index in [1.807, 2.05) is 0 Å². The maximum atomic E-state index is 13.6. The van der Waals surface area contributed by atoms with Gasteiger partial charge in [0.25, 0.3) is 0 Å². The Morgan fingerprint density at radius 1 is 0.500 bits per heavy atom. The fourth-order valence-corrected chi connectivity index (χ4v) is 9.25. The van der Waals surface area contributed by atoms with Crippen LogP contribution >= 0.6 is 7.82 Å².